The predicted molar refractivity (Wildman–Crippen MR) is 258 cm³/mol. The summed E-state index contributed by atoms with van der Waals surface area (Å²) in [6.45, 7) is 4.07. The van der Waals surface area contributed by atoms with E-state index in [1.165, 1.54) is 11.8 Å². The largest absolute Gasteiger partial charge is 0.384 e. The molecule has 0 amide bonds. The Morgan fingerprint density at radius 3 is 1.42 bits per heavy atom. The van der Waals surface area contributed by atoms with E-state index in [4.69, 9.17) is 27.2 Å². The van der Waals surface area contributed by atoms with Gasteiger partial charge in [-0.2, -0.15) is 9.97 Å². The summed E-state index contributed by atoms with van der Waals surface area (Å²) in [5, 5.41) is 3.15. The number of aromatic nitrogens is 10. The van der Waals surface area contributed by atoms with Crippen LogP contribution in [0.3, 0.4) is 0 Å². The minimum absolute atomic E-state index is 0.0636. The molecule has 0 saturated heterocycles. The van der Waals surface area contributed by atoms with Gasteiger partial charge in [-0.1, -0.05) is 121 Å². The second-order valence-electron chi connectivity index (χ2n) is 15.1. The Morgan fingerprint density at radius 2 is 0.970 bits per heavy atom. The first-order valence-electron chi connectivity index (χ1n) is 20.8. The number of nitrogen functional groups attached to an aromatic ring is 2. The zero-order chi connectivity index (χ0) is 46.2. The lowest BCUT2D eigenvalue weighted by atomic mass is 10.1. The Balaban J connectivity index is 0.000000153. The van der Waals surface area contributed by atoms with E-state index in [1.54, 1.807) is 35.0 Å². The van der Waals surface area contributed by atoms with Gasteiger partial charge < -0.3 is 22.5 Å². The van der Waals surface area contributed by atoms with Crippen molar-refractivity contribution < 1.29 is 8.42 Å². The van der Waals surface area contributed by atoms with E-state index in [0.29, 0.717) is 46.2 Å². The van der Waals surface area contributed by atoms with Crippen molar-refractivity contribution in [1.82, 2.24) is 48.7 Å². The van der Waals surface area contributed by atoms with Gasteiger partial charge in [-0.25, -0.2) is 38.3 Å². The maximum atomic E-state index is 11.8. The third-order valence-corrected chi connectivity index (χ3v) is 11.1. The molecule has 17 heteroatoms. The van der Waals surface area contributed by atoms with Crippen LogP contribution in [0.1, 0.15) is 37.1 Å². The summed E-state index contributed by atoms with van der Waals surface area (Å²) < 4.78 is 27.3. The van der Waals surface area contributed by atoms with E-state index in [9.17, 15) is 8.42 Å². The van der Waals surface area contributed by atoms with Gasteiger partial charge in [0.05, 0.1) is 17.4 Å². The maximum absolute atomic E-state index is 11.8. The van der Waals surface area contributed by atoms with Gasteiger partial charge in [-0.15, -0.1) is 0 Å². The van der Waals surface area contributed by atoms with Crippen LogP contribution in [0.5, 0.6) is 0 Å². The highest BCUT2D eigenvalue weighted by molar-refractivity contribution is 7.90. The number of nitrogens with zero attached hydrogens (tertiary/aromatic N) is 10. The van der Waals surface area contributed by atoms with Crippen LogP contribution in [0.4, 0.5) is 17.6 Å². The number of anilines is 3. The SMILES string of the molecule is CS(=O)(=O)c1nccc(-c2c(-c3ccccc3)nc3nc(N)ccn23)n1.C[C@H](N)c1ccccc1.C[C@H](Nc1nccc(-c2c(-c3ccccc3)nc3nc(N)ccn23)n1)c1ccccc1. The second-order valence-corrected chi connectivity index (χ2v) is 17.0. The maximum Gasteiger partial charge on any atom is 0.247 e. The van der Waals surface area contributed by atoms with Crippen LogP contribution < -0.4 is 22.5 Å². The van der Waals surface area contributed by atoms with Crippen LogP contribution in [0.2, 0.25) is 0 Å². The summed E-state index contributed by atoms with van der Waals surface area (Å²) in [7, 11) is -3.54. The molecular weight excluding hydrogens is 849 g/mol. The molecule has 330 valence electrons. The van der Waals surface area contributed by atoms with Crippen molar-refractivity contribution in [1.29, 1.82) is 0 Å². The molecule has 7 N–H and O–H groups in total. The van der Waals surface area contributed by atoms with Gasteiger partial charge >= 0.3 is 0 Å². The van der Waals surface area contributed by atoms with Gasteiger partial charge in [-0.3, -0.25) is 8.80 Å². The van der Waals surface area contributed by atoms with Gasteiger partial charge in [0, 0.05) is 48.2 Å². The summed E-state index contributed by atoms with van der Waals surface area (Å²) in [5.74, 6) is 2.24. The van der Waals surface area contributed by atoms with Crippen molar-refractivity contribution in [3.63, 3.8) is 0 Å². The summed E-state index contributed by atoms with van der Waals surface area (Å²) in [5.41, 5.74) is 25.5. The minimum Gasteiger partial charge on any atom is -0.384 e. The van der Waals surface area contributed by atoms with Crippen LogP contribution in [0, 0.1) is 0 Å². The van der Waals surface area contributed by atoms with Crippen molar-refractivity contribution >= 4 is 39.0 Å². The van der Waals surface area contributed by atoms with Crippen molar-refractivity contribution in [3.05, 3.63) is 182 Å². The number of hydrogen-bond donors (Lipinski definition) is 4. The fraction of sp³-hybridized carbons (Fsp3) is 0.102. The van der Waals surface area contributed by atoms with Gasteiger partial charge in [0.15, 0.2) is 0 Å². The zero-order valence-corrected chi connectivity index (χ0v) is 37.1. The molecule has 0 aliphatic carbocycles. The predicted octanol–water partition coefficient (Wildman–Crippen LogP) is 8.15. The minimum atomic E-state index is -3.54. The van der Waals surface area contributed by atoms with Crippen LogP contribution in [-0.2, 0) is 9.84 Å². The third kappa shape index (κ3) is 10.2. The number of benzene rings is 4. The number of sulfone groups is 1. The van der Waals surface area contributed by atoms with Gasteiger partial charge in [-0.05, 0) is 49.2 Å². The Labute approximate surface area is 381 Å². The molecule has 0 aliphatic heterocycles. The Kier molecular flexibility index (Phi) is 13.1. The van der Waals surface area contributed by atoms with Crippen LogP contribution in [-0.4, -0.2) is 63.3 Å². The first-order valence-corrected chi connectivity index (χ1v) is 22.7. The van der Waals surface area contributed by atoms with Crippen molar-refractivity contribution in [2.45, 2.75) is 31.1 Å². The first-order chi connectivity index (χ1) is 31.9. The summed E-state index contributed by atoms with van der Waals surface area (Å²) in [6.07, 6.45) is 7.84. The van der Waals surface area contributed by atoms with E-state index in [-0.39, 0.29) is 17.2 Å². The summed E-state index contributed by atoms with van der Waals surface area (Å²) in [4.78, 5) is 35.3. The topological polar surface area (TPSA) is 236 Å². The van der Waals surface area contributed by atoms with Crippen molar-refractivity contribution in [3.8, 4) is 45.3 Å². The first kappa shape index (κ1) is 44.2. The lowest BCUT2D eigenvalue weighted by Crippen LogP contribution is -2.09. The van der Waals surface area contributed by atoms with Crippen LogP contribution in [0.15, 0.2) is 176 Å². The Hall–Kier alpha value is -8.41. The van der Waals surface area contributed by atoms with Crippen molar-refractivity contribution in [2.75, 3.05) is 23.0 Å². The highest BCUT2D eigenvalue weighted by Crippen LogP contribution is 2.33. The average Bonchev–Trinajstić information content (AvgIpc) is 3.91. The summed E-state index contributed by atoms with van der Waals surface area (Å²) in [6, 6.07) is 46.9. The molecule has 0 fully saturated rings. The zero-order valence-electron chi connectivity index (χ0n) is 36.2. The molecule has 0 bridgehead atoms. The average molecular weight is 895 g/mol. The number of nitrogens with one attached hydrogen (secondary N) is 1. The molecule has 10 rings (SSSR count). The number of nitrogens with two attached hydrogens (primary N) is 3. The molecule has 2 atom stereocenters. The van der Waals surface area contributed by atoms with Gasteiger partial charge in [0.2, 0.25) is 32.5 Å². The van der Waals surface area contributed by atoms with E-state index in [0.717, 1.165) is 40.0 Å². The highest BCUT2D eigenvalue weighted by atomic mass is 32.2. The van der Waals surface area contributed by atoms with Crippen LogP contribution in [0.25, 0.3) is 56.8 Å². The quantitative estimate of drug-likeness (QED) is 0.100. The van der Waals surface area contributed by atoms with E-state index in [1.807, 2.05) is 133 Å². The van der Waals surface area contributed by atoms with Gasteiger partial charge in [0.25, 0.3) is 0 Å². The van der Waals surface area contributed by atoms with Gasteiger partial charge in [0.1, 0.15) is 34.4 Å². The number of rotatable bonds is 9. The molecular formula is C49H46N14O2S. The second kappa shape index (κ2) is 19.5. The fourth-order valence-corrected chi connectivity index (χ4v) is 7.48. The van der Waals surface area contributed by atoms with Crippen LogP contribution >= 0.6 is 0 Å². The molecule has 0 saturated carbocycles. The standard InChI is InChI=1S/C24H21N7.C17H14N6O2S.C8H11N/c1-16(17-8-4-2-5-9-17)27-23-26-14-12-19(28-23)22-21(18-10-6-3-7-11-18)30-24-29-20(25)13-15-31(22)24;1-26(24,25)17-19-9-7-12(20-17)15-14(11-5-3-2-4-6-11)22-16-21-13(18)8-10-23(15)16;1-7(9)8-5-3-2-4-6-8/h2-16H,1H3,(H2,25,29,30)(H,26,27,28);2-10H,1H3,(H2,18,21,22);2-7H,9H2,1H3/t16-;;7-/m0.0/s1. The Morgan fingerprint density at radius 1 is 0.530 bits per heavy atom. The van der Waals surface area contributed by atoms with E-state index >= 15 is 0 Å². The lowest BCUT2D eigenvalue weighted by molar-refractivity contribution is 0.593. The number of hydrogen-bond acceptors (Lipinski definition) is 14. The number of imidazole rings is 2. The molecule has 4 aromatic carbocycles. The molecule has 16 nitrogen and oxygen atoms in total. The normalized spacial score (nSPS) is 12.1. The smallest absolute Gasteiger partial charge is 0.247 e. The molecule has 0 radical (unpaired) electrons. The molecule has 6 aromatic heterocycles. The molecule has 66 heavy (non-hydrogen) atoms. The Bertz CT molecular complexity index is 3330. The monoisotopic (exact) mass is 894 g/mol. The molecule has 0 spiro atoms. The fourth-order valence-electron chi connectivity index (χ4n) is 6.96. The highest BCUT2D eigenvalue weighted by Gasteiger charge is 2.21. The number of fused-ring (bicyclic) bond motifs is 2. The third-order valence-electron chi connectivity index (χ3n) is 10.2. The molecule has 6 heterocycles. The molecule has 10 aromatic rings. The van der Waals surface area contributed by atoms with Crippen molar-refractivity contribution in [2.24, 2.45) is 5.73 Å². The van der Waals surface area contributed by atoms with E-state index < -0.39 is 9.84 Å². The molecule has 0 aliphatic rings. The molecule has 0 unspecified atom stereocenters. The van der Waals surface area contributed by atoms with E-state index in [2.05, 4.69) is 54.3 Å². The lowest BCUT2D eigenvalue weighted by Gasteiger charge is -2.14. The summed E-state index contributed by atoms with van der Waals surface area (Å²) >= 11 is 0.